The molecule has 0 radical (unpaired) electrons. The number of carboxylic acid groups (broad SMARTS) is 1. The highest BCUT2D eigenvalue weighted by Gasteiger charge is 2.23. The number of rotatable bonds is 7. The first kappa shape index (κ1) is 16.5. The molecule has 0 saturated carbocycles. The summed E-state index contributed by atoms with van der Waals surface area (Å²) in [5.41, 5.74) is 0.678. The molecule has 1 rings (SSSR count). The number of hydrogen-bond acceptors (Lipinski definition) is 4. The molecule has 20 heavy (non-hydrogen) atoms. The first-order valence-corrected chi connectivity index (χ1v) is 6.98. The van der Waals surface area contributed by atoms with Gasteiger partial charge in [0.1, 0.15) is 5.75 Å². The highest BCUT2D eigenvalue weighted by atomic mass is 79.9. The maximum Gasteiger partial charge on any atom is 0.306 e. The van der Waals surface area contributed by atoms with E-state index in [1.807, 2.05) is 0 Å². The number of ether oxygens (including phenoxy) is 2. The zero-order chi connectivity index (χ0) is 15.1. The third-order valence-corrected chi connectivity index (χ3v) is 3.26. The van der Waals surface area contributed by atoms with Crippen molar-refractivity contribution >= 4 is 27.9 Å². The summed E-state index contributed by atoms with van der Waals surface area (Å²) in [6.07, 6.45) is -0.154. The summed E-state index contributed by atoms with van der Waals surface area (Å²) in [4.78, 5) is 22.6. The Morgan fingerprint density at radius 1 is 1.35 bits per heavy atom. The number of halogens is 1. The lowest BCUT2D eigenvalue weighted by Gasteiger charge is -2.18. The van der Waals surface area contributed by atoms with Crippen LogP contribution in [-0.2, 0) is 14.3 Å². The van der Waals surface area contributed by atoms with Crippen molar-refractivity contribution in [1.82, 2.24) is 0 Å². The van der Waals surface area contributed by atoms with Crippen LogP contribution in [0.3, 0.4) is 0 Å². The normalized spacial score (nSPS) is 11.8. The number of benzene rings is 1. The number of esters is 1. The molecule has 1 aromatic rings. The Morgan fingerprint density at radius 2 is 2.05 bits per heavy atom. The molecule has 0 aliphatic heterocycles. The van der Waals surface area contributed by atoms with Crippen LogP contribution < -0.4 is 4.74 Å². The van der Waals surface area contributed by atoms with Crippen molar-refractivity contribution in [3.63, 3.8) is 0 Å². The SMILES string of the molecule is CCOC(=O)CC(CC(=O)O)c1cc(Br)ccc1OC. The Morgan fingerprint density at radius 3 is 2.60 bits per heavy atom. The zero-order valence-corrected chi connectivity index (χ0v) is 13.0. The second-order valence-electron chi connectivity index (χ2n) is 4.19. The number of hydrogen-bond donors (Lipinski definition) is 1. The third kappa shape index (κ3) is 4.85. The Hall–Kier alpha value is -1.56. The van der Waals surface area contributed by atoms with Crippen molar-refractivity contribution in [2.75, 3.05) is 13.7 Å². The van der Waals surface area contributed by atoms with E-state index in [0.717, 1.165) is 4.47 Å². The van der Waals surface area contributed by atoms with Gasteiger partial charge in [0.15, 0.2) is 0 Å². The topological polar surface area (TPSA) is 72.8 Å². The Labute approximate surface area is 126 Å². The van der Waals surface area contributed by atoms with Crippen molar-refractivity contribution in [3.05, 3.63) is 28.2 Å². The van der Waals surface area contributed by atoms with Crippen LogP contribution in [0.25, 0.3) is 0 Å². The van der Waals surface area contributed by atoms with E-state index >= 15 is 0 Å². The van der Waals surface area contributed by atoms with Crippen LogP contribution in [0.4, 0.5) is 0 Å². The van der Waals surface area contributed by atoms with Gasteiger partial charge in [-0.1, -0.05) is 15.9 Å². The van der Waals surface area contributed by atoms with Crippen molar-refractivity contribution in [2.24, 2.45) is 0 Å². The van der Waals surface area contributed by atoms with Crippen LogP contribution in [0.2, 0.25) is 0 Å². The molecule has 0 fully saturated rings. The van der Waals surface area contributed by atoms with E-state index in [2.05, 4.69) is 15.9 Å². The van der Waals surface area contributed by atoms with Gasteiger partial charge in [-0.05, 0) is 30.7 Å². The first-order chi connectivity index (χ1) is 9.47. The Kier molecular flexibility index (Phi) is 6.51. The minimum absolute atomic E-state index is 0.00690. The maximum absolute atomic E-state index is 11.6. The summed E-state index contributed by atoms with van der Waals surface area (Å²) in [6, 6.07) is 5.30. The molecule has 6 heteroatoms. The largest absolute Gasteiger partial charge is 0.496 e. The number of carboxylic acids is 1. The molecule has 0 aliphatic carbocycles. The monoisotopic (exact) mass is 344 g/mol. The smallest absolute Gasteiger partial charge is 0.306 e. The predicted octanol–water partition coefficient (Wildman–Crippen LogP) is 2.97. The van der Waals surface area contributed by atoms with Gasteiger partial charge < -0.3 is 14.6 Å². The summed E-state index contributed by atoms with van der Waals surface area (Å²) in [7, 11) is 1.51. The van der Waals surface area contributed by atoms with Crippen molar-refractivity contribution in [3.8, 4) is 5.75 Å². The van der Waals surface area contributed by atoms with E-state index in [9.17, 15) is 9.59 Å². The fourth-order valence-electron chi connectivity index (χ4n) is 1.95. The molecule has 0 saturated heterocycles. The molecule has 1 N–H and O–H groups in total. The fraction of sp³-hybridized carbons (Fsp3) is 0.429. The zero-order valence-electron chi connectivity index (χ0n) is 11.4. The molecule has 0 aromatic heterocycles. The highest BCUT2D eigenvalue weighted by molar-refractivity contribution is 9.10. The van der Waals surface area contributed by atoms with Gasteiger partial charge in [0, 0.05) is 10.4 Å². The Balaban J connectivity index is 3.06. The lowest BCUT2D eigenvalue weighted by molar-refractivity contribution is -0.144. The molecule has 0 amide bonds. The van der Waals surface area contributed by atoms with Crippen molar-refractivity contribution in [2.45, 2.75) is 25.7 Å². The molecule has 1 atom stereocenters. The average Bonchev–Trinajstić information content (AvgIpc) is 2.37. The standard InChI is InChI=1S/C14H17BrO5/c1-3-20-14(18)7-9(6-13(16)17)11-8-10(15)4-5-12(11)19-2/h4-5,8-9H,3,6-7H2,1-2H3,(H,16,17). The van der Waals surface area contributed by atoms with Crippen LogP contribution in [0, 0.1) is 0 Å². The molecule has 0 spiro atoms. The minimum atomic E-state index is -0.971. The molecule has 5 nitrogen and oxygen atoms in total. The van der Waals surface area contributed by atoms with Gasteiger partial charge in [0.25, 0.3) is 0 Å². The van der Waals surface area contributed by atoms with Gasteiger partial charge in [0.2, 0.25) is 0 Å². The lowest BCUT2D eigenvalue weighted by atomic mass is 9.92. The van der Waals surface area contributed by atoms with E-state index in [-0.39, 0.29) is 19.4 Å². The van der Waals surface area contributed by atoms with Crippen LogP contribution in [0.15, 0.2) is 22.7 Å². The molecular weight excluding hydrogens is 328 g/mol. The number of carbonyl (C=O) groups is 2. The van der Waals surface area contributed by atoms with Gasteiger partial charge in [-0.2, -0.15) is 0 Å². The molecule has 0 aliphatic rings. The van der Waals surface area contributed by atoms with E-state index < -0.39 is 17.9 Å². The molecule has 0 heterocycles. The van der Waals surface area contributed by atoms with Crippen molar-refractivity contribution < 1.29 is 24.2 Å². The summed E-state index contributed by atoms with van der Waals surface area (Å²) in [5.74, 6) is -1.31. The highest BCUT2D eigenvalue weighted by Crippen LogP contribution is 2.34. The minimum Gasteiger partial charge on any atom is -0.496 e. The fourth-order valence-corrected chi connectivity index (χ4v) is 2.33. The molecule has 1 aromatic carbocycles. The number of carbonyl (C=O) groups excluding carboxylic acids is 1. The Bertz CT molecular complexity index is 486. The van der Waals surface area contributed by atoms with E-state index in [4.69, 9.17) is 14.6 Å². The van der Waals surface area contributed by atoms with Gasteiger partial charge in [-0.25, -0.2) is 0 Å². The summed E-state index contributed by atoms with van der Waals surface area (Å²) in [5, 5.41) is 9.02. The summed E-state index contributed by atoms with van der Waals surface area (Å²) < 4.78 is 10.9. The van der Waals surface area contributed by atoms with Crippen molar-refractivity contribution in [1.29, 1.82) is 0 Å². The summed E-state index contributed by atoms with van der Waals surface area (Å²) in [6.45, 7) is 1.98. The van der Waals surface area contributed by atoms with Gasteiger partial charge in [-0.3, -0.25) is 9.59 Å². The maximum atomic E-state index is 11.6. The third-order valence-electron chi connectivity index (χ3n) is 2.77. The van der Waals surface area contributed by atoms with E-state index in [1.165, 1.54) is 7.11 Å². The second-order valence-corrected chi connectivity index (χ2v) is 5.11. The average molecular weight is 345 g/mol. The van der Waals surface area contributed by atoms with Crippen LogP contribution >= 0.6 is 15.9 Å². The first-order valence-electron chi connectivity index (χ1n) is 6.18. The van der Waals surface area contributed by atoms with Gasteiger partial charge in [-0.15, -0.1) is 0 Å². The lowest BCUT2D eigenvalue weighted by Crippen LogP contribution is -2.14. The predicted molar refractivity (Wildman–Crippen MR) is 76.9 cm³/mol. The molecule has 1 unspecified atom stereocenters. The van der Waals surface area contributed by atoms with E-state index in [0.29, 0.717) is 11.3 Å². The van der Waals surface area contributed by atoms with Crippen LogP contribution in [-0.4, -0.2) is 30.8 Å². The molecule has 0 bridgehead atoms. The van der Waals surface area contributed by atoms with Crippen LogP contribution in [0.5, 0.6) is 5.75 Å². The quantitative estimate of drug-likeness (QED) is 0.769. The van der Waals surface area contributed by atoms with Crippen LogP contribution in [0.1, 0.15) is 31.2 Å². The van der Waals surface area contributed by atoms with Gasteiger partial charge in [0.05, 0.1) is 26.6 Å². The molecule has 110 valence electrons. The van der Waals surface area contributed by atoms with Gasteiger partial charge >= 0.3 is 11.9 Å². The number of aliphatic carboxylic acids is 1. The second kappa shape index (κ2) is 7.89. The summed E-state index contributed by atoms with van der Waals surface area (Å²) >= 11 is 3.34. The number of methoxy groups -OCH3 is 1. The van der Waals surface area contributed by atoms with E-state index in [1.54, 1.807) is 25.1 Å². The molecular formula is C14H17BrO5.